The molecular formula is C27H25FN2O2. The van der Waals surface area contributed by atoms with E-state index in [9.17, 15) is 14.3 Å². The fourth-order valence-electron chi connectivity index (χ4n) is 4.18. The number of hydrogen-bond donors (Lipinski definition) is 2. The normalized spacial score (nSPS) is 11.0. The number of benzene rings is 3. The molecule has 0 bridgehead atoms. The van der Waals surface area contributed by atoms with Crippen molar-refractivity contribution in [3.05, 3.63) is 95.9 Å². The van der Waals surface area contributed by atoms with Crippen molar-refractivity contribution in [2.24, 2.45) is 7.05 Å². The van der Waals surface area contributed by atoms with Gasteiger partial charge < -0.3 is 15.0 Å². The Kier molecular flexibility index (Phi) is 5.82. The molecule has 0 saturated heterocycles. The maximum Gasteiger partial charge on any atom is 0.258 e. The molecule has 162 valence electrons. The Hall–Kier alpha value is -3.86. The highest BCUT2D eigenvalue weighted by atomic mass is 19.1. The Bertz CT molecular complexity index is 1240. The predicted octanol–water partition coefficient (Wildman–Crippen LogP) is 6.58. The van der Waals surface area contributed by atoms with Gasteiger partial charge in [-0.3, -0.25) is 4.79 Å². The predicted molar refractivity (Wildman–Crippen MR) is 126 cm³/mol. The van der Waals surface area contributed by atoms with Crippen LogP contribution in [0.15, 0.2) is 78.9 Å². The van der Waals surface area contributed by atoms with E-state index in [1.54, 1.807) is 36.4 Å². The van der Waals surface area contributed by atoms with Gasteiger partial charge in [0.25, 0.3) is 5.91 Å². The van der Waals surface area contributed by atoms with Crippen LogP contribution in [-0.4, -0.2) is 15.6 Å². The van der Waals surface area contributed by atoms with Crippen molar-refractivity contribution in [2.45, 2.75) is 19.8 Å². The van der Waals surface area contributed by atoms with Gasteiger partial charge in [0.2, 0.25) is 0 Å². The van der Waals surface area contributed by atoms with Crippen molar-refractivity contribution in [2.75, 3.05) is 5.32 Å². The molecule has 4 rings (SSSR count). The molecular weight excluding hydrogens is 403 g/mol. The summed E-state index contributed by atoms with van der Waals surface area (Å²) in [6.45, 7) is 4.09. The smallest absolute Gasteiger partial charge is 0.258 e. The van der Waals surface area contributed by atoms with Gasteiger partial charge in [0.15, 0.2) is 0 Å². The fourth-order valence-corrected chi connectivity index (χ4v) is 4.18. The zero-order chi connectivity index (χ0) is 22.8. The summed E-state index contributed by atoms with van der Waals surface area (Å²) in [5.41, 5.74) is 5.31. The van der Waals surface area contributed by atoms with Crippen LogP contribution in [0.5, 0.6) is 5.75 Å². The number of amides is 1. The van der Waals surface area contributed by atoms with E-state index in [4.69, 9.17) is 0 Å². The van der Waals surface area contributed by atoms with E-state index in [1.807, 2.05) is 55.8 Å². The van der Waals surface area contributed by atoms with Crippen LogP contribution in [0.25, 0.3) is 22.4 Å². The maximum atomic E-state index is 13.7. The number of phenols is 1. The van der Waals surface area contributed by atoms with Crippen molar-refractivity contribution < 1.29 is 14.3 Å². The zero-order valence-electron chi connectivity index (χ0n) is 18.3. The Balaban J connectivity index is 2.00. The molecule has 32 heavy (non-hydrogen) atoms. The third kappa shape index (κ3) is 4.02. The number of aromatic nitrogens is 1. The quantitative estimate of drug-likeness (QED) is 0.377. The van der Waals surface area contributed by atoms with Gasteiger partial charge in [0.05, 0.1) is 11.3 Å². The summed E-state index contributed by atoms with van der Waals surface area (Å²) in [6, 6.07) is 22.4. The molecule has 1 amide bonds. The van der Waals surface area contributed by atoms with Crippen LogP contribution >= 0.6 is 0 Å². The lowest BCUT2D eigenvalue weighted by atomic mass is 9.94. The van der Waals surface area contributed by atoms with Crippen LogP contribution < -0.4 is 5.32 Å². The Morgan fingerprint density at radius 2 is 1.50 bits per heavy atom. The maximum absolute atomic E-state index is 13.7. The second kappa shape index (κ2) is 8.71. The number of phenolic OH excluding ortho intramolecular Hbond substituents is 1. The Morgan fingerprint density at radius 3 is 2.09 bits per heavy atom. The number of aromatic hydroxyl groups is 1. The van der Waals surface area contributed by atoms with Gasteiger partial charge in [0, 0.05) is 24.0 Å². The number of halogens is 1. The highest BCUT2D eigenvalue weighted by molar-refractivity contribution is 6.12. The average Bonchev–Trinajstić information content (AvgIpc) is 3.09. The van der Waals surface area contributed by atoms with Crippen molar-refractivity contribution >= 4 is 11.6 Å². The molecule has 5 heteroatoms. The van der Waals surface area contributed by atoms with Crippen molar-refractivity contribution in [1.29, 1.82) is 0 Å². The lowest BCUT2D eigenvalue weighted by Gasteiger charge is -2.13. The molecule has 0 radical (unpaired) electrons. The van der Waals surface area contributed by atoms with Crippen LogP contribution in [0.4, 0.5) is 10.1 Å². The molecule has 1 heterocycles. The van der Waals surface area contributed by atoms with Crippen LogP contribution in [-0.2, 0) is 7.05 Å². The molecule has 0 fully saturated rings. The molecule has 0 saturated carbocycles. The number of hydrogen-bond acceptors (Lipinski definition) is 2. The van der Waals surface area contributed by atoms with E-state index in [1.165, 1.54) is 12.1 Å². The first-order chi connectivity index (χ1) is 15.4. The molecule has 3 aromatic carbocycles. The second-order valence-electron chi connectivity index (χ2n) is 8.07. The van der Waals surface area contributed by atoms with Crippen molar-refractivity contribution in [3.8, 4) is 28.1 Å². The van der Waals surface area contributed by atoms with Crippen molar-refractivity contribution in [1.82, 2.24) is 4.57 Å². The van der Waals surface area contributed by atoms with Crippen LogP contribution in [0, 0.1) is 5.82 Å². The van der Waals surface area contributed by atoms with Gasteiger partial charge in [-0.25, -0.2) is 4.39 Å². The summed E-state index contributed by atoms with van der Waals surface area (Å²) in [6.07, 6.45) is 0. The van der Waals surface area contributed by atoms with Gasteiger partial charge in [-0.05, 0) is 65.6 Å². The number of nitrogens with one attached hydrogen (secondary N) is 1. The first kappa shape index (κ1) is 21.4. The summed E-state index contributed by atoms with van der Waals surface area (Å²) >= 11 is 0. The van der Waals surface area contributed by atoms with E-state index in [2.05, 4.69) is 5.32 Å². The monoisotopic (exact) mass is 428 g/mol. The third-order valence-corrected chi connectivity index (χ3v) is 5.52. The Morgan fingerprint density at radius 1 is 0.906 bits per heavy atom. The highest BCUT2D eigenvalue weighted by Crippen LogP contribution is 2.42. The minimum atomic E-state index is -0.319. The Labute approximate surface area is 187 Å². The summed E-state index contributed by atoms with van der Waals surface area (Å²) in [5, 5.41) is 12.8. The third-order valence-electron chi connectivity index (χ3n) is 5.52. The van der Waals surface area contributed by atoms with Crippen LogP contribution in [0.3, 0.4) is 0 Å². The largest absolute Gasteiger partial charge is 0.508 e. The number of para-hydroxylation sites is 1. The summed E-state index contributed by atoms with van der Waals surface area (Å²) in [7, 11) is 1.93. The number of carbonyl (C=O) groups is 1. The van der Waals surface area contributed by atoms with Crippen LogP contribution in [0.1, 0.15) is 35.8 Å². The molecule has 4 aromatic rings. The van der Waals surface area contributed by atoms with E-state index in [-0.39, 0.29) is 23.4 Å². The highest BCUT2D eigenvalue weighted by Gasteiger charge is 2.29. The van der Waals surface area contributed by atoms with Crippen LogP contribution in [0.2, 0.25) is 0 Å². The lowest BCUT2D eigenvalue weighted by molar-refractivity contribution is 0.102. The van der Waals surface area contributed by atoms with Gasteiger partial charge in [-0.15, -0.1) is 0 Å². The molecule has 0 aliphatic heterocycles. The standard InChI is InChI=1S/C27H25FN2O2/c1-17(2)25-24(27(32)29-21-7-5-4-6-8-21)23(18-11-15-22(31)16-12-18)26(30(25)3)19-9-13-20(28)14-10-19/h4-17,31H,1-3H3,(H,29,32). The molecule has 0 aliphatic carbocycles. The summed E-state index contributed by atoms with van der Waals surface area (Å²) < 4.78 is 15.7. The lowest BCUT2D eigenvalue weighted by Crippen LogP contribution is -2.15. The second-order valence-corrected chi connectivity index (χ2v) is 8.07. The van der Waals surface area contributed by atoms with Gasteiger partial charge in [0.1, 0.15) is 11.6 Å². The summed E-state index contributed by atoms with van der Waals surface area (Å²) in [5.74, 6) is -0.332. The minimum Gasteiger partial charge on any atom is -0.508 e. The SMILES string of the molecule is CC(C)c1c(C(=O)Nc2ccccc2)c(-c2ccc(O)cc2)c(-c2ccc(F)cc2)n1C. The summed E-state index contributed by atoms with van der Waals surface area (Å²) in [4.78, 5) is 13.6. The molecule has 0 spiro atoms. The molecule has 0 unspecified atom stereocenters. The number of carbonyl (C=O) groups excluding carboxylic acids is 1. The molecule has 0 aliphatic rings. The van der Waals surface area contributed by atoms with E-state index in [0.717, 1.165) is 28.1 Å². The molecule has 4 nitrogen and oxygen atoms in total. The number of anilines is 1. The van der Waals surface area contributed by atoms with E-state index < -0.39 is 0 Å². The fraction of sp³-hybridized carbons (Fsp3) is 0.148. The first-order valence-corrected chi connectivity index (χ1v) is 10.5. The van der Waals surface area contributed by atoms with Gasteiger partial charge in [-0.1, -0.05) is 44.2 Å². The minimum absolute atomic E-state index is 0.0570. The van der Waals surface area contributed by atoms with E-state index in [0.29, 0.717) is 11.3 Å². The topological polar surface area (TPSA) is 54.3 Å². The number of rotatable bonds is 5. The first-order valence-electron chi connectivity index (χ1n) is 10.5. The van der Waals surface area contributed by atoms with E-state index >= 15 is 0 Å². The van der Waals surface area contributed by atoms with Crippen molar-refractivity contribution in [3.63, 3.8) is 0 Å². The van der Waals surface area contributed by atoms with Gasteiger partial charge >= 0.3 is 0 Å². The molecule has 0 atom stereocenters. The molecule has 2 N–H and O–H groups in total. The van der Waals surface area contributed by atoms with Gasteiger partial charge in [-0.2, -0.15) is 0 Å². The zero-order valence-corrected chi connectivity index (χ0v) is 18.3. The average molecular weight is 429 g/mol. The molecule has 1 aromatic heterocycles. The number of nitrogens with zero attached hydrogens (tertiary/aromatic N) is 1.